The Kier molecular flexibility index (Phi) is 6.74. The molecule has 6 nitrogen and oxygen atoms in total. The van der Waals surface area contributed by atoms with Crippen molar-refractivity contribution in [2.45, 2.75) is 6.54 Å². The maximum Gasteiger partial charge on any atom is 0.261 e. The van der Waals surface area contributed by atoms with E-state index in [1.165, 1.54) is 11.3 Å². The van der Waals surface area contributed by atoms with Crippen molar-refractivity contribution >= 4 is 17.2 Å². The molecule has 2 aromatic carbocycles. The van der Waals surface area contributed by atoms with Crippen LogP contribution in [0, 0.1) is 0 Å². The smallest absolute Gasteiger partial charge is 0.261 e. The monoisotopic (exact) mass is 438 g/mol. The summed E-state index contributed by atoms with van der Waals surface area (Å²) in [7, 11) is 4.03. The molecule has 1 aliphatic rings. The number of carbonyl (C=O) groups excluding carboxylic acids is 1. The molecule has 0 aliphatic carbocycles. The third-order valence-electron chi connectivity index (χ3n) is 4.84. The van der Waals surface area contributed by atoms with Crippen molar-refractivity contribution < 1.29 is 19.0 Å². The van der Waals surface area contributed by atoms with Crippen LogP contribution >= 0.6 is 11.3 Å². The molecule has 1 aliphatic heterocycles. The van der Waals surface area contributed by atoms with Gasteiger partial charge in [0.25, 0.3) is 5.91 Å². The number of carbonyl (C=O) groups is 1. The van der Waals surface area contributed by atoms with Crippen LogP contribution in [0.5, 0.6) is 17.2 Å². The highest BCUT2D eigenvalue weighted by molar-refractivity contribution is 7.17. The Balaban J connectivity index is 1.32. The molecule has 0 radical (unpaired) electrons. The lowest BCUT2D eigenvalue weighted by Gasteiger charge is -2.18. The van der Waals surface area contributed by atoms with Crippen molar-refractivity contribution in [3.8, 4) is 27.7 Å². The number of nitrogens with zero attached hydrogens (tertiary/aromatic N) is 1. The van der Waals surface area contributed by atoms with Gasteiger partial charge in [-0.2, -0.15) is 0 Å². The minimum absolute atomic E-state index is 0.0832. The largest absolute Gasteiger partial charge is 0.492 e. The summed E-state index contributed by atoms with van der Waals surface area (Å²) >= 11 is 1.46. The highest BCUT2D eigenvalue weighted by Gasteiger charge is 2.15. The maximum absolute atomic E-state index is 12.6. The zero-order valence-electron chi connectivity index (χ0n) is 17.7. The third kappa shape index (κ3) is 5.57. The Morgan fingerprint density at radius 2 is 1.81 bits per heavy atom. The molecule has 2 heterocycles. The van der Waals surface area contributed by atoms with Crippen LogP contribution in [0.2, 0.25) is 0 Å². The molecule has 1 N–H and O–H groups in total. The SMILES string of the molecule is CN(C)CCOc1ccc(CNC(=O)c2ccc(-c3ccc4c(c3)OCCO4)s2)cc1. The van der Waals surface area contributed by atoms with Gasteiger partial charge in [0.05, 0.1) is 4.88 Å². The second-order valence-corrected chi connectivity index (χ2v) is 8.58. The molecular weight excluding hydrogens is 412 g/mol. The minimum Gasteiger partial charge on any atom is -0.492 e. The van der Waals surface area contributed by atoms with Crippen molar-refractivity contribution in [1.82, 2.24) is 10.2 Å². The second-order valence-electron chi connectivity index (χ2n) is 7.50. The van der Waals surface area contributed by atoms with E-state index in [4.69, 9.17) is 14.2 Å². The normalized spacial score (nSPS) is 12.6. The van der Waals surface area contributed by atoms with Crippen LogP contribution in [0.15, 0.2) is 54.6 Å². The molecule has 31 heavy (non-hydrogen) atoms. The van der Waals surface area contributed by atoms with E-state index in [0.717, 1.165) is 39.8 Å². The number of likely N-dealkylation sites (N-methyl/N-ethyl adjacent to an activating group) is 1. The van der Waals surface area contributed by atoms with Crippen LogP contribution in [0.25, 0.3) is 10.4 Å². The molecular formula is C24H26N2O4S. The van der Waals surface area contributed by atoms with Gasteiger partial charge in [0, 0.05) is 18.0 Å². The zero-order chi connectivity index (χ0) is 21.6. The number of ether oxygens (including phenoxy) is 3. The molecule has 0 bridgehead atoms. The molecule has 0 atom stereocenters. The third-order valence-corrected chi connectivity index (χ3v) is 5.97. The topological polar surface area (TPSA) is 60.0 Å². The van der Waals surface area contributed by atoms with Gasteiger partial charge in [0.1, 0.15) is 25.6 Å². The summed E-state index contributed by atoms with van der Waals surface area (Å²) in [4.78, 5) is 16.4. The van der Waals surface area contributed by atoms with Crippen molar-refractivity contribution in [2.24, 2.45) is 0 Å². The Hall–Kier alpha value is -3.03. The number of amides is 1. The van der Waals surface area contributed by atoms with Gasteiger partial charge in [0.15, 0.2) is 11.5 Å². The zero-order valence-corrected chi connectivity index (χ0v) is 18.5. The van der Waals surface area contributed by atoms with E-state index < -0.39 is 0 Å². The Morgan fingerprint density at radius 3 is 2.58 bits per heavy atom. The average molecular weight is 439 g/mol. The molecule has 3 aromatic rings. The quantitative estimate of drug-likeness (QED) is 0.575. The molecule has 1 aromatic heterocycles. The van der Waals surface area contributed by atoms with Crippen LogP contribution in [0.1, 0.15) is 15.2 Å². The Bertz CT molecular complexity index is 1030. The molecule has 0 unspecified atom stereocenters. The molecule has 0 saturated heterocycles. The summed E-state index contributed by atoms with van der Waals surface area (Å²) < 4.78 is 16.9. The predicted octanol–water partition coefficient (Wildman–Crippen LogP) is 4.06. The fourth-order valence-corrected chi connectivity index (χ4v) is 4.05. The van der Waals surface area contributed by atoms with Crippen LogP contribution in [-0.2, 0) is 6.54 Å². The number of fused-ring (bicyclic) bond motifs is 1. The van der Waals surface area contributed by atoms with Crippen LogP contribution in [0.3, 0.4) is 0 Å². The van der Waals surface area contributed by atoms with E-state index in [1.807, 2.05) is 68.7 Å². The summed E-state index contributed by atoms with van der Waals surface area (Å²) in [5, 5.41) is 2.99. The lowest BCUT2D eigenvalue weighted by molar-refractivity contribution is 0.0955. The highest BCUT2D eigenvalue weighted by Crippen LogP contribution is 2.36. The van der Waals surface area contributed by atoms with Gasteiger partial charge in [-0.25, -0.2) is 0 Å². The van der Waals surface area contributed by atoms with Gasteiger partial charge in [0.2, 0.25) is 0 Å². The van der Waals surface area contributed by atoms with Gasteiger partial charge in [-0.05, 0) is 67.7 Å². The first-order valence-corrected chi connectivity index (χ1v) is 11.0. The predicted molar refractivity (Wildman–Crippen MR) is 122 cm³/mol. The van der Waals surface area contributed by atoms with Crippen molar-refractivity contribution in [3.05, 3.63) is 65.0 Å². The summed E-state index contributed by atoms with van der Waals surface area (Å²) in [6.07, 6.45) is 0. The van der Waals surface area contributed by atoms with Gasteiger partial charge in [-0.15, -0.1) is 11.3 Å². The van der Waals surface area contributed by atoms with Crippen LogP contribution in [0.4, 0.5) is 0 Å². The standard InChI is InChI=1S/C24H26N2O4S/c1-26(2)11-12-28-19-6-3-17(4-7-19)16-25-24(27)23-10-9-22(31-23)18-5-8-20-21(15-18)30-14-13-29-20/h3-10,15H,11-14,16H2,1-2H3,(H,25,27). The van der Waals surface area contributed by atoms with Crippen molar-refractivity contribution in [3.63, 3.8) is 0 Å². The Labute approximate surface area is 186 Å². The number of hydrogen-bond donors (Lipinski definition) is 1. The van der Waals surface area contributed by atoms with E-state index in [1.54, 1.807) is 0 Å². The van der Waals surface area contributed by atoms with E-state index in [0.29, 0.717) is 31.2 Å². The first-order chi connectivity index (χ1) is 15.1. The lowest BCUT2D eigenvalue weighted by atomic mass is 10.1. The van der Waals surface area contributed by atoms with Gasteiger partial charge in [-0.1, -0.05) is 12.1 Å². The van der Waals surface area contributed by atoms with Crippen LogP contribution in [-0.4, -0.2) is 51.3 Å². The summed E-state index contributed by atoms with van der Waals surface area (Å²) in [5.74, 6) is 2.26. The summed E-state index contributed by atoms with van der Waals surface area (Å²) in [6.45, 7) is 3.10. The van der Waals surface area contributed by atoms with E-state index in [9.17, 15) is 4.79 Å². The molecule has 0 saturated carbocycles. The van der Waals surface area contributed by atoms with Gasteiger partial charge in [-0.3, -0.25) is 4.79 Å². The van der Waals surface area contributed by atoms with Gasteiger partial charge >= 0.3 is 0 Å². The van der Waals surface area contributed by atoms with E-state index in [2.05, 4.69) is 10.2 Å². The van der Waals surface area contributed by atoms with Crippen molar-refractivity contribution in [2.75, 3.05) is 40.5 Å². The maximum atomic E-state index is 12.6. The fraction of sp³-hybridized carbons (Fsp3) is 0.292. The fourth-order valence-electron chi connectivity index (χ4n) is 3.13. The molecule has 7 heteroatoms. The Morgan fingerprint density at radius 1 is 1.03 bits per heavy atom. The molecule has 4 rings (SSSR count). The van der Waals surface area contributed by atoms with Crippen molar-refractivity contribution in [1.29, 1.82) is 0 Å². The molecule has 162 valence electrons. The van der Waals surface area contributed by atoms with E-state index in [-0.39, 0.29) is 5.91 Å². The molecule has 0 spiro atoms. The number of nitrogens with one attached hydrogen (secondary N) is 1. The minimum atomic E-state index is -0.0832. The first-order valence-electron chi connectivity index (χ1n) is 10.2. The van der Waals surface area contributed by atoms with E-state index >= 15 is 0 Å². The number of hydrogen-bond acceptors (Lipinski definition) is 6. The number of rotatable bonds is 8. The first kappa shape index (κ1) is 21.2. The molecule has 0 fully saturated rings. The average Bonchev–Trinajstić information content (AvgIpc) is 3.28. The summed E-state index contributed by atoms with van der Waals surface area (Å²) in [5.41, 5.74) is 2.04. The second kappa shape index (κ2) is 9.85. The van der Waals surface area contributed by atoms with Gasteiger partial charge < -0.3 is 24.4 Å². The number of thiophene rings is 1. The van der Waals surface area contributed by atoms with Crippen LogP contribution < -0.4 is 19.5 Å². The number of benzene rings is 2. The highest BCUT2D eigenvalue weighted by atomic mass is 32.1. The molecule has 1 amide bonds. The lowest BCUT2D eigenvalue weighted by Crippen LogP contribution is -2.21. The summed E-state index contributed by atoms with van der Waals surface area (Å²) in [6, 6.07) is 17.5.